The Morgan fingerprint density at radius 1 is 1.47 bits per heavy atom. The zero-order valence-electron chi connectivity index (χ0n) is 8.22. The van der Waals surface area contributed by atoms with Gasteiger partial charge in [-0.2, -0.15) is 0 Å². The highest BCUT2D eigenvalue weighted by atomic mass is 16.5. The van der Waals surface area contributed by atoms with Crippen LogP contribution in [0.1, 0.15) is 12.0 Å². The first-order valence-electron chi connectivity index (χ1n) is 4.91. The third kappa shape index (κ3) is 2.37. The van der Waals surface area contributed by atoms with Gasteiger partial charge in [0.1, 0.15) is 11.9 Å². The molecule has 0 spiro atoms. The smallest absolute Gasteiger partial charge is 0.328 e. The molecule has 1 aromatic rings. The van der Waals surface area contributed by atoms with Crippen molar-refractivity contribution in [3.8, 4) is 5.75 Å². The lowest BCUT2D eigenvalue weighted by molar-refractivity contribution is -0.131. The molecular formula is C12H12O3. The fourth-order valence-corrected chi connectivity index (χ4v) is 1.67. The molecule has 78 valence electrons. The second kappa shape index (κ2) is 4.17. The first kappa shape index (κ1) is 9.77. The minimum Gasteiger partial charge on any atom is -0.486 e. The van der Waals surface area contributed by atoms with Crippen LogP contribution >= 0.6 is 0 Å². The van der Waals surface area contributed by atoms with Crippen LogP contribution in [0.25, 0.3) is 0 Å². The van der Waals surface area contributed by atoms with Gasteiger partial charge in [-0.25, -0.2) is 4.79 Å². The summed E-state index contributed by atoms with van der Waals surface area (Å²) in [6.07, 6.45) is 4.39. The first-order valence-corrected chi connectivity index (χ1v) is 4.91. The van der Waals surface area contributed by atoms with Crippen LogP contribution in [0, 0.1) is 0 Å². The summed E-state index contributed by atoms with van der Waals surface area (Å²) in [5, 5.41) is 8.50. The van der Waals surface area contributed by atoms with Crippen LogP contribution in [0.15, 0.2) is 36.4 Å². The van der Waals surface area contributed by atoms with E-state index >= 15 is 0 Å². The minimum absolute atomic E-state index is 0.115. The molecule has 1 atom stereocenters. The van der Waals surface area contributed by atoms with Gasteiger partial charge >= 0.3 is 5.97 Å². The van der Waals surface area contributed by atoms with E-state index in [1.165, 1.54) is 5.56 Å². The number of para-hydroxylation sites is 1. The molecule has 0 saturated carbocycles. The molecule has 1 N–H and O–H groups in total. The van der Waals surface area contributed by atoms with Crippen molar-refractivity contribution >= 4 is 5.97 Å². The molecule has 2 rings (SSSR count). The van der Waals surface area contributed by atoms with Gasteiger partial charge in [-0.15, -0.1) is 0 Å². The van der Waals surface area contributed by atoms with E-state index in [0.717, 1.165) is 24.7 Å². The molecule has 1 unspecified atom stereocenters. The summed E-state index contributed by atoms with van der Waals surface area (Å²) in [6, 6.07) is 7.85. The van der Waals surface area contributed by atoms with E-state index < -0.39 is 5.97 Å². The molecule has 0 aromatic heterocycles. The van der Waals surface area contributed by atoms with Crippen LogP contribution in [-0.4, -0.2) is 17.2 Å². The van der Waals surface area contributed by atoms with Crippen molar-refractivity contribution in [2.75, 3.05) is 0 Å². The van der Waals surface area contributed by atoms with Gasteiger partial charge in [-0.3, -0.25) is 0 Å². The normalized spacial score (nSPS) is 19.6. The van der Waals surface area contributed by atoms with Crippen molar-refractivity contribution in [1.82, 2.24) is 0 Å². The summed E-state index contributed by atoms with van der Waals surface area (Å²) in [5.41, 5.74) is 1.19. The molecule has 15 heavy (non-hydrogen) atoms. The summed E-state index contributed by atoms with van der Waals surface area (Å²) in [6.45, 7) is 0. The summed E-state index contributed by atoms with van der Waals surface area (Å²) >= 11 is 0. The molecule has 1 aromatic carbocycles. The zero-order chi connectivity index (χ0) is 10.7. The van der Waals surface area contributed by atoms with E-state index in [4.69, 9.17) is 9.84 Å². The maximum atomic E-state index is 10.3. The van der Waals surface area contributed by atoms with Crippen LogP contribution in [0.3, 0.4) is 0 Å². The molecule has 0 bridgehead atoms. The summed E-state index contributed by atoms with van der Waals surface area (Å²) in [5.74, 6) is -0.0683. The van der Waals surface area contributed by atoms with E-state index in [0.29, 0.717) is 0 Å². The molecule has 0 aliphatic carbocycles. The van der Waals surface area contributed by atoms with E-state index in [9.17, 15) is 4.79 Å². The molecule has 1 aliphatic rings. The standard InChI is InChI=1S/C12H12O3/c13-12(14)8-7-10-6-5-9-3-1-2-4-11(9)15-10/h1-4,7-8,10H,5-6H2,(H,13,14)/b8-7+. The third-order valence-corrected chi connectivity index (χ3v) is 2.40. The van der Waals surface area contributed by atoms with Crippen molar-refractivity contribution in [3.05, 3.63) is 42.0 Å². The van der Waals surface area contributed by atoms with Crippen molar-refractivity contribution in [2.24, 2.45) is 0 Å². The number of ether oxygens (including phenoxy) is 1. The SMILES string of the molecule is O=C(O)/C=C/C1CCc2ccccc2O1. The summed E-state index contributed by atoms with van der Waals surface area (Å²) < 4.78 is 5.63. The number of rotatable bonds is 2. The molecule has 3 heteroatoms. The molecule has 3 nitrogen and oxygen atoms in total. The molecular weight excluding hydrogens is 192 g/mol. The van der Waals surface area contributed by atoms with Gasteiger partial charge in [-0.1, -0.05) is 18.2 Å². The van der Waals surface area contributed by atoms with Gasteiger partial charge in [0.15, 0.2) is 0 Å². The molecule has 1 aliphatic heterocycles. The topological polar surface area (TPSA) is 46.5 Å². The predicted octanol–water partition coefficient (Wildman–Crippen LogP) is 2.02. The average Bonchev–Trinajstić information content (AvgIpc) is 2.26. The number of aryl methyl sites for hydroxylation is 1. The van der Waals surface area contributed by atoms with Crippen molar-refractivity contribution in [1.29, 1.82) is 0 Å². The van der Waals surface area contributed by atoms with Gasteiger partial charge in [0.05, 0.1) is 0 Å². The predicted molar refractivity (Wildman–Crippen MR) is 56.0 cm³/mol. The number of carbonyl (C=O) groups is 1. The van der Waals surface area contributed by atoms with Gasteiger partial charge in [0.2, 0.25) is 0 Å². The quantitative estimate of drug-likeness (QED) is 0.750. The fraction of sp³-hybridized carbons (Fsp3) is 0.250. The monoisotopic (exact) mass is 204 g/mol. The Morgan fingerprint density at radius 3 is 3.07 bits per heavy atom. The highest BCUT2D eigenvalue weighted by molar-refractivity contribution is 5.79. The molecule has 0 radical (unpaired) electrons. The van der Waals surface area contributed by atoms with Gasteiger partial charge in [0, 0.05) is 6.08 Å². The van der Waals surface area contributed by atoms with Gasteiger partial charge < -0.3 is 9.84 Å². The molecule has 0 amide bonds. The maximum Gasteiger partial charge on any atom is 0.328 e. The van der Waals surface area contributed by atoms with Crippen molar-refractivity contribution in [3.63, 3.8) is 0 Å². The van der Waals surface area contributed by atoms with Crippen LogP contribution in [-0.2, 0) is 11.2 Å². The van der Waals surface area contributed by atoms with Crippen LogP contribution in [0.4, 0.5) is 0 Å². The lowest BCUT2D eigenvalue weighted by Crippen LogP contribution is -2.20. The van der Waals surface area contributed by atoms with Crippen molar-refractivity contribution < 1.29 is 14.6 Å². The van der Waals surface area contributed by atoms with Crippen LogP contribution in [0.2, 0.25) is 0 Å². The van der Waals surface area contributed by atoms with Gasteiger partial charge in [0.25, 0.3) is 0 Å². The van der Waals surface area contributed by atoms with Crippen LogP contribution in [0.5, 0.6) is 5.75 Å². The number of aliphatic carboxylic acids is 1. The lowest BCUT2D eigenvalue weighted by Gasteiger charge is -2.23. The second-order valence-corrected chi connectivity index (χ2v) is 3.50. The number of carboxylic acids is 1. The Kier molecular flexibility index (Phi) is 2.72. The Hall–Kier alpha value is -1.77. The Labute approximate surface area is 88.0 Å². The number of hydrogen-bond donors (Lipinski definition) is 1. The zero-order valence-corrected chi connectivity index (χ0v) is 8.22. The number of fused-ring (bicyclic) bond motifs is 1. The summed E-state index contributed by atoms with van der Waals surface area (Å²) in [4.78, 5) is 10.3. The highest BCUT2D eigenvalue weighted by Gasteiger charge is 2.16. The Morgan fingerprint density at radius 2 is 2.27 bits per heavy atom. The van der Waals surface area contributed by atoms with E-state index in [1.807, 2.05) is 24.3 Å². The summed E-state index contributed by atoms with van der Waals surface area (Å²) in [7, 11) is 0. The van der Waals surface area contributed by atoms with Crippen molar-refractivity contribution in [2.45, 2.75) is 18.9 Å². The van der Waals surface area contributed by atoms with E-state index in [2.05, 4.69) is 0 Å². The molecule has 1 heterocycles. The number of benzene rings is 1. The largest absolute Gasteiger partial charge is 0.486 e. The first-order chi connectivity index (χ1) is 7.25. The second-order valence-electron chi connectivity index (χ2n) is 3.50. The molecule has 0 saturated heterocycles. The average molecular weight is 204 g/mol. The fourth-order valence-electron chi connectivity index (χ4n) is 1.67. The lowest BCUT2D eigenvalue weighted by atomic mass is 10.0. The maximum absolute atomic E-state index is 10.3. The minimum atomic E-state index is -0.933. The number of hydrogen-bond acceptors (Lipinski definition) is 2. The van der Waals surface area contributed by atoms with Crippen LogP contribution < -0.4 is 4.74 Å². The third-order valence-electron chi connectivity index (χ3n) is 2.40. The Balaban J connectivity index is 2.09. The van der Waals surface area contributed by atoms with E-state index in [-0.39, 0.29) is 6.10 Å². The molecule has 0 fully saturated rings. The van der Waals surface area contributed by atoms with Gasteiger partial charge in [-0.05, 0) is 30.5 Å². The number of carboxylic acid groups (broad SMARTS) is 1. The van der Waals surface area contributed by atoms with E-state index in [1.54, 1.807) is 6.08 Å². The highest BCUT2D eigenvalue weighted by Crippen LogP contribution is 2.27. The Bertz CT molecular complexity index is 396.